The number of ether oxygens (including phenoxy) is 1. The van der Waals surface area contributed by atoms with Gasteiger partial charge in [0.2, 0.25) is 5.95 Å². The molecule has 1 heterocycles. The van der Waals surface area contributed by atoms with Crippen LogP contribution in [-0.2, 0) is 0 Å². The molecule has 2 aromatic carbocycles. The molecule has 106 valence electrons. The molecule has 0 radical (unpaired) electrons. The highest BCUT2D eigenvalue weighted by molar-refractivity contribution is 5.84. The fourth-order valence-corrected chi connectivity index (χ4v) is 2.04. The normalized spacial score (nSPS) is 11.1. The van der Waals surface area contributed by atoms with Crippen molar-refractivity contribution in [2.45, 2.75) is 6.92 Å². The minimum atomic E-state index is 0.612. The topological polar surface area (TPSA) is 62.3 Å². The standard InChI is InChI=1S/C16H16N4O/c1-2-21-15-10-6-3-7-12(15)11-17-20-16-18-13-8-4-5-9-14(13)19-16/h3-11H,2H2,1H3,(H2,18,19,20). The van der Waals surface area contributed by atoms with Gasteiger partial charge in [0.05, 0.1) is 23.9 Å². The number of aromatic nitrogens is 2. The van der Waals surface area contributed by atoms with Crippen LogP contribution in [0.25, 0.3) is 11.0 Å². The third kappa shape index (κ3) is 3.02. The molecule has 0 amide bonds. The summed E-state index contributed by atoms with van der Waals surface area (Å²) in [6.45, 7) is 2.59. The number of benzene rings is 2. The van der Waals surface area contributed by atoms with Crippen molar-refractivity contribution in [3.05, 3.63) is 54.1 Å². The third-order valence-electron chi connectivity index (χ3n) is 2.98. The SMILES string of the molecule is CCOc1ccccc1C=NNc1nc2ccccc2[nH]1. The molecule has 0 bridgehead atoms. The summed E-state index contributed by atoms with van der Waals surface area (Å²) < 4.78 is 5.55. The van der Waals surface area contributed by atoms with E-state index < -0.39 is 0 Å². The Morgan fingerprint density at radius 1 is 1.19 bits per heavy atom. The Morgan fingerprint density at radius 2 is 2.00 bits per heavy atom. The van der Waals surface area contributed by atoms with Gasteiger partial charge in [0.1, 0.15) is 5.75 Å². The van der Waals surface area contributed by atoms with Crippen LogP contribution in [0.15, 0.2) is 53.6 Å². The van der Waals surface area contributed by atoms with E-state index in [2.05, 4.69) is 20.5 Å². The lowest BCUT2D eigenvalue weighted by molar-refractivity contribution is 0.340. The van der Waals surface area contributed by atoms with Crippen LogP contribution in [0.2, 0.25) is 0 Å². The lowest BCUT2D eigenvalue weighted by Crippen LogP contribution is -1.97. The predicted octanol–water partition coefficient (Wildman–Crippen LogP) is 3.41. The minimum absolute atomic E-state index is 0.612. The first-order valence-corrected chi connectivity index (χ1v) is 6.82. The Morgan fingerprint density at radius 3 is 2.86 bits per heavy atom. The molecule has 0 fully saturated rings. The maximum absolute atomic E-state index is 5.55. The highest BCUT2D eigenvalue weighted by atomic mass is 16.5. The van der Waals surface area contributed by atoms with Gasteiger partial charge < -0.3 is 9.72 Å². The number of fused-ring (bicyclic) bond motifs is 1. The number of imidazole rings is 1. The summed E-state index contributed by atoms with van der Waals surface area (Å²) in [5, 5.41) is 4.20. The van der Waals surface area contributed by atoms with Crippen molar-refractivity contribution in [2.75, 3.05) is 12.0 Å². The van der Waals surface area contributed by atoms with Gasteiger partial charge in [-0.25, -0.2) is 10.4 Å². The van der Waals surface area contributed by atoms with Crippen LogP contribution in [0.4, 0.5) is 5.95 Å². The zero-order valence-corrected chi connectivity index (χ0v) is 11.7. The van der Waals surface area contributed by atoms with Crippen LogP contribution in [0.1, 0.15) is 12.5 Å². The smallest absolute Gasteiger partial charge is 0.222 e. The van der Waals surface area contributed by atoms with Gasteiger partial charge in [-0.1, -0.05) is 24.3 Å². The van der Waals surface area contributed by atoms with E-state index in [9.17, 15) is 0 Å². The molecule has 21 heavy (non-hydrogen) atoms. The average molecular weight is 280 g/mol. The molecule has 3 aromatic rings. The quantitative estimate of drug-likeness (QED) is 0.556. The van der Waals surface area contributed by atoms with E-state index in [0.29, 0.717) is 12.6 Å². The minimum Gasteiger partial charge on any atom is -0.493 e. The Hall–Kier alpha value is -2.82. The number of rotatable bonds is 5. The van der Waals surface area contributed by atoms with Crippen molar-refractivity contribution in [2.24, 2.45) is 5.10 Å². The third-order valence-corrected chi connectivity index (χ3v) is 2.98. The Labute approximate surface area is 122 Å². The molecule has 0 unspecified atom stereocenters. The zero-order valence-electron chi connectivity index (χ0n) is 11.7. The van der Waals surface area contributed by atoms with E-state index in [-0.39, 0.29) is 0 Å². The summed E-state index contributed by atoms with van der Waals surface area (Å²) >= 11 is 0. The molecule has 0 spiro atoms. The van der Waals surface area contributed by atoms with Gasteiger partial charge in [-0.15, -0.1) is 0 Å². The molecule has 0 atom stereocenters. The molecule has 0 aliphatic heterocycles. The number of nitrogens with one attached hydrogen (secondary N) is 2. The van der Waals surface area contributed by atoms with E-state index in [1.807, 2.05) is 55.5 Å². The Kier molecular flexibility index (Phi) is 3.82. The predicted molar refractivity (Wildman–Crippen MR) is 84.9 cm³/mol. The summed E-state index contributed by atoms with van der Waals surface area (Å²) in [5.41, 5.74) is 5.70. The number of hydrogen-bond acceptors (Lipinski definition) is 4. The molecule has 5 heteroatoms. The highest BCUT2D eigenvalue weighted by Gasteiger charge is 2.01. The highest BCUT2D eigenvalue weighted by Crippen LogP contribution is 2.16. The molecule has 2 N–H and O–H groups in total. The number of nitrogens with zero attached hydrogens (tertiary/aromatic N) is 2. The van der Waals surface area contributed by atoms with E-state index in [4.69, 9.17) is 4.74 Å². The second kappa shape index (κ2) is 6.09. The van der Waals surface area contributed by atoms with Gasteiger partial charge in [-0.2, -0.15) is 5.10 Å². The summed E-state index contributed by atoms with van der Waals surface area (Å²) in [5.74, 6) is 1.43. The second-order valence-electron chi connectivity index (χ2n) is 4.44. The monoisotopic (exact) mass is 280 g/mol. The van der Waals surface area contributed by atoms with Gasteiger partial charge in [0.15, 0.2) is 0 Å². The van der Waals surface area contributed by atoms with Crippen LogP contribution in [0.5, 0.6) is 5.75 Å². The van der Waals surface area contributed by atoms with Crippen molar-refractivity contribution in [3.8, 4) is 5.75 Å². The second-order valence-corrected chi connectivity index (χ2v) is 4.44. The van der Waals surface area contributed by atoms with Crippen LogP contribution in [0, 0.1) is 0 Å². The molecule has 0 saturated heterocycles. The van der Waals surface area contributed by atoms with Gasteiger partial charge >= 0.3 is 0 Å². The van der Waals surface area contributed by atoms with Crippen molar-refractivity contribution >= 4 is 23.2 Å². The number of H-pyrrole nitrogens is 1. The number of anilines is 1. The number of hydrazone groups is 1. The van der Waals surface area contributed by atoms with E-state index in [0.717, 1.165) is 22.3 Å². The lowest BCUT2D eigenvalue weighted by atomic mass is 10.2. The molecule has 3 rings (SSSR count). The van der Waals surface area contributed by atoms with Crippen LogP contribution in [0.3, 0.4) is 0 Å². The van der Waals surface area contributed by atoms with Crippen LogP contribution < -0.4 is 10.2 Å². The molecule has 0 aliphatic rings. The van der Waals surface area contributed by atoms with Crippen molar-refractivity contribution in [1.29, 1.82) is 0 Å². The first-order valence-electron chi connectivity index (χ1n) is 6.82. The maximum Gasteiger partial charge on any atom is 0.222 e. The Balaban J connectivity index is 1.74. The zero-order chi connectivity index (χ0) is 14.5. The van der Waals surface area contributed by atoms with Gasteiger partial charge in [-0.3, -0.25) is 0 Å². The summed E-state index contributed by atoms with van der Waals surface area (Å²) in [6.07, 6.45) is 1.72. The van der Waals surface area contributed by atoms with Gasteiger partial charge in [0.25, 0.3) is 0 Å². The van der Waals surface area contributed by atoms with Gasteiger partial charge in [0, 0.05) is 5.56 Å². The molecule has 0 saturated carbocycles. The summed E-state index contributed by atoms with van der Waals surface area (Å²) in [7, 11) is 0. The maximum atomic E-state index is 5.55. The molecule has 1 aromatic heterocycles. The number of para-hydroxylation sites is 3. The van der Waals surface area contributed by atoms with E-state index in [1.54, 1.807) is 6.21 Å². The summed E-state index contributed by atoms with van der Waals surface area (Å²) in [4.78, 5) is 7.55. The lowest BCUT2D eigenvalue weighted by Gasteiger charge is -2.05. The number of hydrogen-bond donors (Lipinski definition) is 2. The first kappa shape index (κ1) is 13.2. The molecule has 0 aliphatic carbocycles. The van der Waals surface area contributed by atoms with E-state index >= 15 is 0 Å². The molecule has 5 nitrogen and oxygen atoms in total. The number of aromatic amines is 1. The summed E-state index contributed by atoms with van der Waals surface area (Å²) in [6, 6.07) is 15.6. The average Bonchev–Trinajstić information content (AvgIpc) is 2.92. The fraction of sp³-hybridized carbons (Fsp3) is 0.125. The van der Waals surface area contributed by atoms with Crippen molar-refractivity contribution in [1.82, 2.24) is 9.97 Å². The fourth-order valence-electron chi connectivity index (χ4n) is 2.04. The van der Waals surface area contributed by atoms with Crippen LogP contribution in [-0.4, -0.2) is 22.8 Å². The first-order chi connectivity index (χ1) is 10.4. The molecular weight excluding hydrogens is 264 g/mol. The van der Waals surface area contributed by atoms with E-state index in [1.165, 1.54) is 0 Å². The largest absolute Gasteiger partial charge is 0.493 e. The van der Waals surface area contributed by atoms with Crippen LogP contribution >= 0.6 is 0 Å². The Bertz CT molecular complexity index is 731. The van der Waals surface area contributed by atoms with Crippen molar-refractivity contribution < 1.29 is 4.74 Å². The van der Waals surface area contributed by atoms with Gasteiger partial charge in [-0.05, 0) is 31.2 Å². The van der Waals surface area contributed by atoms with Crippen molar-refractivity contribution in [3.63, 3.8) is 0 Å². The molecular formula is C16H16N4O.